The van der Waals surface area contributed by atoms with E-state index in [0.717, 1.165) is 41.4 Å². The molecular weight excluding hydrogens is 492 g/mol. The Morgan fingerprint density at radius 2 is 1.51 bits per heavy atom. The highest BCUT2D eigenvalue weighted by Crippen LogP contribution is 2.38. The number of hydrogen-bond donors (Lipinski definition) is 1. The van der Waals surface area contributed by atoms with Crippen molar-refractivity contribution in [3.8, 4) is 22.4 Å². The number of nitrogens with one attached hydrogen (secondary N) is 1. The van der Waals surface area contributed by atoms with Gasteiger partial charge in [-0.15, -0.1) is 0 Å². The van der Waals surface area contributed by atoms with E-state index in [2.05, 4.69) is 15.3 Å². The molecule has 194 valence electrons. The molecule has 0 aliphatic carbocycles. The van der Waals surface area contributed by atoms with E-state index in [0.29, 0.717) is 18.0 Å². The van der Waals surface area contributed by atoms with Crippen molar-refractivity contribution in [1.29, 1.82) is 0 Å². The van der Waals surface area contributed by atoms with Gasteiger partial charge in [0.25, 0.3) is 0 Å². The fourth-order valence-corrected chi connectivity index (χ4v) is 3.89. The number of nitrogens with zero attached hydrogens (tertiary/aromatic N) is 2. The number of aromatic nitrogens is 2. The van der Waals surface area contributed by atoms with E-state index in [9.17, 15) is 26.3 Å². The quantitative estimate of drug-likeness (QED) is 0.212. The molecule has 3 nitrogen and oxygen atoms in total. The second-order valence-electron chi connectivity index (χ2n) is 7.88. The van der Waals surface area contributed by atoms with Crippen LogP contribution in [0.2, 0.25) is 0 Å². The highest BCUT2D eigenvalue weighted by atomic mass is 19.4. The largest absolute Gasteiger partial charge is 0.416 e. The van der Waals surface area contributed by atoms with E-state index >= 15 is 0 Å². The Kier molecular flexibility index (Phi) is 8.57. The predicted octanol–water partition coefficient (Wildman–Crippen LogP) is 8.89. The van der Waals surface area contributed by atoms with Gasteiger partial charge >= 0.3 is 6.18 Å². The molecule has 0 spiro atoms. The second-order valence-corrected chi connectivity index (χ2v) is 7.88. The predicted molar refractivity (Wildman–Crippen MR) is 133 cm³/mol. The first kappa shape index (κ1) is 27.7. The standard InChI is InChI=1S/C26H19F6N3.C2H6/c1-3-17-14(2)5-4-6-22(17)35-24-12-23(33-13-34-24)18-8-7-16(26(30,31)32)11-19(18)15-9-20(27)25(29)21(28)10-15;1-2/h4-13H,3H2,1-2H3,(H,33,34,35);1-2H3. The van der Waals surface area contributed by atoms with Crippen LogP contribution in [-0.4, -0.2) is 9.97 Å². The number of benzene rings is 3. The molecule has 0 unspecified atom stereocenters. The molecule has 9 heteroatoms. The molecule has 0 saturated heterocycles. The van der Waals surface area contributed by atoms with Crippen molar-refractivity contribution in [2.24, 2.45) is 0 Å². The molecule has 37 heavy (non-hydrogen) atoms. The maximum absolute atomic E-state index is 13.9. The van der Waals surface area contributed by atoms with Crippen LogP contribution in [0.1, 0.15) is 37.5 Å². The fraction of sp³-hybridized carbons (Fsp3) is 0.214. The zero-order chi connectivity index (χ0) is 27.3. The van der Waals surface area contributed by atoms with Gasteiger partial charge in [0.2, 0.25) is 0 Å². The summed E-state index contributed by atoms with van der Waals surface area (Å²) in [6.45, 7) is 7.99. The van der Waals surface area contributed by atoms with Crippen LogP contribution in [0.4, 0.5) is 37.8 Å². The van der Waals surface area contributed by atoms with Crippen molar-refractivity contribution in [2.75, 3.05) is 5.32 Å². The Morgan fingerprint density at radius 3 is 2.14 bits per heavy atom. The summed E-state index contributed by atoms with van der Waals surface area (Å²) in [4.78, 5) is 8.35. The lowest BCUT2D eigenvalue weighted by molar-refractivity contribution is -0.137. The molecule has 4 aromatic rings. The summed E-state index contributed by atoms with van der Waals surface area (Å²) in [7, 11) is 0. The molecule has 0 fully saturated rings. The van der Waals surface area contributed by atoms with Crippen molar-refractivity contribution in [2.45, 2.75) is 40.3 Å². The minimum Gasteiger partial charge on any atom is -0.340 e. The molecule has 1 N–H and O–H groups in total. The van der Waals surface area contributed by atoms with Crippen molar-refractivity contribution < 1.29 is 26.3 Å². The summed E-state index contributed by atoms with van der Waals surface area (Å²) in [5.41, 5.74) is 1.89. The van der Waals surface area contributed by atoms with Gasteiger partial charge in [0.1, 0.15) is 12.1 Å². The van der Waals surface area contributed by atoms with Crippen LogP contribution in [-0.2, 0) is 12.6 Å². The van der Waals surface area contributed by atoms with Gasteiger partial charge < -0.3 is 5.32 Å². The van der Waals surface area contributed by atoms with E-state index in [1.54, 1.807) is 0 Å². The van der Waals surface area contributed by atoms with E-state index < -0.39 is 29.2 Å². The van der Waals surface area contributed by atoms with Crippen LogP contribution in [0.15, 0.2) is 60.9 Å². The van der Waals surface area contributed by atoms with Gasteiger partial charge in [0.05, 0.1) is 11.3 Å². The van der Waals surface area contributed by atoms with Gasteiger partial charge in [-0.1, -0.05) is 39.0 Å². The van der Waals surface area contributed by atoms with E-state index in [1.807, 2.05) is 45.9 Å². The van der Waals surface area contributed by atoms with Crippen LogP contribution >= 0.6 is 0 Å². The molecule has 4 rings (SSSR count). The number of anilines is 2. The number of aryl methyl sites for hydroxylation is 1. The maximum Gasteiger partial charge on any atom is 0.416 e. The maximum atomic E-state index is 13.9. The van der Waals surface area contributed by atoms with Crippen molar-refractivity contribution in [1.82, 2.24) is 9.97 Å². The second kappa shape index (κ2) is 11.5. The lowest BCUT2D eigenvalue weighted by Crippen LogP contribution is -2.06. The Hall–Kier alpha value is -3.88. The van der Waals surface area contributed by atoms with Crippen molar-refractivity contribution >= 4 is 11.5 Å². The third kappa shape index (κ3) is 6.10. The van der Waals surface area contributed by atoms with Gasteiger partial charge in [0, 0.05) is 17.3 Å². The third-order valence-electron chi connectivity index (χ3n) is 5.61. The first-order valence-corrected chi connectivity index (χ1v) is 11.6. The monoisotopic (exact) mass is 517 g/mol. The number of halogens is 6. The molecular formula is C28H25F6N3. The molecule has 1 aromatic heterocycles. The number of alkyl halides is 3. The molecule has 0 radical (unpaired) electrons. The minimum absolute atomic E-state index is 0.160. The first-order chi connectivity index (χ1) is 17.6. The van der Waals surface area contributed by atoms with Gasteiger partial charge in [-0.05, 0) is 65.9 Å². The molecule has 0 amide bonds. The van der Waals surface area contributed by atoms with Crippen LogP contribution in [0.5, 0.6) is 0 Å². The van der Waals surface area contributed by atoms with Gasteiger partial charge in [0.15, 0.2) is 17.5 Å². The lowest BCUT2D eigenvalue weighted by Gasteiger charge is -2.16. The zero-order valence-corrected chi connectivity index (χ0v) is 20.6. The summed E-state index contributed by atoms with van der Waals surface area (Å²) in [6.07, 6.45) is -2.71. The van der Waals surface area contributed by atoms with Gasteiger partial charge in [-0.3, -0.25) is 0 Å². The van der Waals surface area contributed by atoms with E-state index in [4.69, 9.17) is 0 Å². The van der Waals surface area contributed by atoms with Crippen LogP contribution in [0.3, 0.4) is 0 Å². The first-order valence-electron chi connectivity index (χ1n) is 11.6. The van der Waals surface area contributed by atoms with Crippen molar-refractivity contribution in [3.05, 3.63) is 95.1 Å². The van der Waals surface area contributed by atoms with Gasteiger partial charge in [-0.25, -0.2) is 23.1 Å². The molecule has 0 aliphatic heterocycles. The highest BCUT2D eigenvalue weighted by Gasteiger charge is 2.31. The average molecular weight is 518 g/mol. The number of rotatable bonds is 5. The minimum atomic E-state index is -4.70. The van der Waals surface area contributed by atoms with Crippen molar-refractivity contribution in [3.63, 3.8) is 0 Å². The van der Waals surface area contributed by atoms with Gasteiger partial charge in [-0.2, -0.15) is 13.2 Å². The molecule has 3 aromatic carbocycles. The topological polar surface area (TPSA) is 37.8 Å². The lowest BCUT2D eigenvalue weighted by atomic mass is 9.94. The summed E-state index contributed by atoms with van der Waals surface area (Å²) < 4.78 is 81.6. The third-order valence-corrected chi connectivity index (χ3v) is 5.61. The fourth-order valence-electron chi connectivity index (χ4n) is 3.89. The summed E-state index contributed by atoms with van der Waals surface area (Å²) >= 11 is 0. The Balaban J connectivity index is 0.00000186. The Labute approximate surface area is 211 Å². The van der Waals surface area contributed by atoms with E-state index in [-0.39, 0.29) is 22.4 Å². The molecule has 0 aliphatic rings. The highest BCUT2D eigenvalue weighted by molar-refractivity contribution is 5.83. The molecule has 1 heterocycles. The zero-order valence-electron chi connectivity index (χ0n) is 20.6. The van der Waals surface area contributed by atoms with Crippen LogP contribution in [0, 0.1) is 24.4 Å². The van der Waals surface area contributed by atoms with Crippen LogP contribution in [0.25, 0.3) is 22.4 Å². The molecule has 0 bridgehead atoms. The van der Waals surface area contributed by atoms with E-state index in [1.165, 1.54) is 12.4 Å². The summed E-state index contributed by atoms with van der Waals surface area (Å²) in [5.74, 6) is -4.36. The smallest absolute Gasteiger partial charge is 0.340 e. The molecule has 0 atom stereocenters. The van der Waals surface area contributed by atoms with Crippen LogP contribution < -0.4 is 5.32 Å². The normalized spacial score (nSPS) is 11.1. The number of hydrogen-bond acceptors (Lipinski definition) is 3. The molecule has 0 saturated carbocycles. The Bertz CT molecular complexity index is 1380. The summed E-state index contributed by atoms with van der Waals surface area (Å²) in [5, 5.41) is 3.19. The average Bonchev–Trinajstić information content (AvgIpc) is 2.87. The Morgan fingerprint density at radius 1 is 0.838 bits per heavy atom. The summed E-state index contributed by atoms with van der Waals surface area (Å²) in [6, 6.07) is 11.3. The SMILES string of the molecule is CC.CCc1c(C)cccc1Nc1cc(-c2ccc(C(F)(F)F)cc2-c2cc(F)c(F)c(F)c2)ncn1.